The van der Waals surface area contributed by atoms with Gasteiger partial charge in [-0.15, -0.1) is 11.3 Å². The van der Waals surface area contributed by atoms with E-state index >= 15 is 0 Å². The van der Waals surface area contributed by atoms with Crippen molar-refractivity contribution in [1.29, 1.82) is 0 Å². The minimum absolute atomic E-state index is 0.354. The Morgan fingerprint density at radius 2 is 2.33 bits per heavy atom. The van der Waals surface area contributed by atoms with E-state index in [1.165, 1.54) is 19.3 Å². The van der Waals surface area contributed by atoms with Gasteiger partial charge >= 0.3 is 0 Å². The summed E-state index contributed by atoms with van der Waals surface area (Å²) in [5.41, 5.74) is 5.75. The van der Waals surface area contributed by atoms with Crippen LogP contribution in [-0.4, -0.2) is 17.6 Å². The molecule has 0 aromatic carbocycles. The zero-order chi connectivity index (χ0) is 10.5. The highest BCUT2D eigenvalue weighted by Crippen LogP contribution is 2.26. The highest BCUT2D eigenvalue weighted by atomic mass is 32.1. The number of thiazole rings is 1. The van der Waals surface area contributed by atoms with Crippen LogP contribution in [0, 0.1) is 5.92 Å². The molecule has 0 bridgehead atoms. The quantitative estimate of drug-likeness (QED) is 0.856. The van der Waals surface area contributed by atoms with Gasteiger partial charge in [0.25, 0.3) is 0 Å². The van der Waals surface area contributed by atoms with Crippen LogP contribution in [0.4, 0.5) is 0 Å². The van der Waals surface area contributed by atoms with Crippen molar-refractivity contribution >= 4 is 11.3 Å². The summed E-state index contributed by atoms with van der Waals surface area (Å²) in [7, 11) is 0. The lowest BCUT2D eigenvalue weighted by Crippen LogP contribution is -2.33. The normalized spacial score (nSPS) is 26.7. The largest absolute Gasteiger partial charge is 0.371 e. The van der Waals surface area contributed by atoms with E-state index in [2.05, 4.69) is 4.98 Å². The van der Waals surface area contributed by atoms with Crippen LogP contribution in [-0.2, 0) is 11.3 Å². The zero-order valence-corrected chi connectivity index (χ0v) is 9.71. The Bertz CT molecular complexity index is 276. The number of rotatable bonds is 4. The van der Waals surface area contributed by atoms with Gasteiger partial charge in [0.15, 0.2) is 0 Å². The first-order chi connectivity index (χ1) is 7.40. The first-order valence-corrected chi connectivity index (χ1v) is 6.48. The summed E-state index contributed by atoms with van der Waals surface area (Å²) >= 11 is 1.65. The van der Waals surface area contributed by atoms with E-state index in [4.69, 9.17) is 10.5 Å². The van der Waals surface area contributed by atoms with Crippen molar-refractivity contribution in [3.05, 3.63) is 16.6 Å². The summed E-state index contributed by atoms with van der Waals surface area (Å²) < 4.78 is 5.90. The van der Waals surface area contributed by atoms with Crippen molar-refractivity contribution in [2.45, 2.75) is 38.4 Å². The fourth-order valence-corrected chi connectivity index (χ4v) is 2.70. The summed E-state index contributed by atoms with van der Waals surface area (Å²) in [6, 6.07) is 0. The summed E-state index contributed by atoms with van der Waals surface area (Å²) in [6.45, 7) is 1.40. The van der Waals surface area contributed by atoms with Crippen LogP contribution in [0.15, 0.2) is 11.6 Å². The molecule has 0 spiro atoms. The van der Waals surface area contributed by atoms with E-state index in [-0.39, 0.29) is 0 Å². The lowest BCUT2D eigenvalue weighted by Gasteiger charge is -2.30. The standard InChI is InChI=1S/C11H18N2OS/c12-7-9-3-1-2-4-10(9)14-8-11-13-5-6-15-11/h5-6,9-10H,1-4,7-8,12H2. The maximum Gasteiger partial charge on any atom is 0.118 e. The fraction of sp³-hybridized carbons (Fsp3) is 0.727. The lowest BCUT2D eigenvalue weighted by atomic mass is 9.86. The SMILES string of the molecule is NCC1CCCCC1OCc1nccs1. The molecular weight excluding hydrogens is 208 g/mol. The Kier molecular flexibility index (Phi) is 4.11. The van der Waals surface area contributed by atoms with Crippen molar-refractivity contribution < 1.29 is 4.74 Å². The van der Waals surface area contributed by atoms with Gasteiger partial charge in [-0.25, -0.2) is 4.98 Å². The minimum atomic E-state index is 0.354. The van der Waals surface area contributed by atoms with Crippen LogP contribution < -0.4 is 5.73 Å². The van der Waals surface area contributed by atoms with Gasteiger partial charge in [-0.3, -0.25) is 0 Å². The van der Waals surface area contributed by atoms with Crippen LogP contribution in [0.1, 0.15) is 30.7 Å². The molecule has 1 aromatic rings. The first-order valence-electron chi connectivity index (χ1n) is 5.60. The van der Waals surface area contributed by atoms with Gasteiger partial charge < -0.3 is 10.5 Å². The molecule has 1 fully saturated rings. The number of hydrogen-bond donors (Lipinski definition) is 1. The smallest absolute Gasteiger partial charge is 0.118 e. The molecule has 0 aliphatic heterocycles. The van der Waals surface area contributed by atoms with Crippen molar-refractivity contribution in [3.8, 4) is 0 Å². The fourth-order valence-electron chi connectivity index (χ4n) is 2.17. The van der Waals surface area contributed by atoms with E-state index in [0.29, 0.717) is 18.6 Å². The number of nitrogens with two attached hydrogens (primary N) is 1. The molecular formula is C11H18N2OS. The first kappa shape index (κ1) is 11.0. The average molecular weight is 226 g/mol. The molecule has 84 valence electrons. The van der Waals surface area contributed by atoms with Gasteiger partial charge in [-0.2, -0.15) is 0 Å². The number of nitrogens with zero attached hydrogens (tertiary/aromatic N) is 1. The average Bonchev–Trinajstić information content (AvgIpc) is 2.79. The topological polar surface area (TPSA) is 48.1 Å². The third kappa shape index (κ3) is 3.00. The second kappa shape index (κ2) is 5.58. The molecule has 0 radical (unpaired) electrons. The van der Waals surface area contributed by atoms with E-state index in [1.54, 1.807) is 11.3 Å². The second-order valence-corrected chi connectivity index (χ2v) is 5.03. The van der Waals surface area contributed by atoms with Gasteiger partial charge in [0.05, 0.1) is 12.7 Å². The second-order valence-electron chi connectivity index (χ2n) is 4.06. The lowest BCUT2D eigenvalue weighted by molar-refractivity contribution is -0.0183. The van der Waals surface area contributed by atoms with Crippen LogP contribution in [0.25, 0.3) is 0 Å². The highest BCUT2D eigenvalue weighted by molar-refractivity contribution is 7.09. The zero-order valence-electron chi connectivity index (χ0n) is 8.89. The number of hydrogen-bond acceptors (Lipinski definition) is 4. The van der Waals surface area contributed by atoms with E-state index in [9.17, 15) is 0 Å². The maximum absolute atomic E-state index is 5.90. The van der Waals surface area contributed by atoms with E-state index < -0.39 is 0 Å². The number of aromatic nitrogens is 1. The van der Waals surface area contributed by atoms with E-state index in [1.807, 2.05) is 11.6 Å². The molecule has 1 aliphatic carbocycles. The van der Waals surface area contributed by atoms with Gasteiger partial charge in [0.2, 0.25) is 0 Å². The van der Waals surface area contributed by atoms with Crippen LogP contribution in [0.2, 0.25) is 0 Å². The van der Waals surface area contributed by atoms with Crippen LogP contribution >= 0.6 is 11.3 Å². The molecule has 3 nitrogen and oxygen atoms in total. The Morgan fingerprint density at radius 1 is 1.47 bits per heavy atom. The molecule has 0 saturated heterocycles. The van der Waals surface area contributed by atoms with Gasteiger partial charge in [0.1, 0.15) is 5.01 Å². The Morgan fingerprint density at radius 3 is 3.07 bits per heavy atom. The molecule has 2 rings (SSSR count). The highest BCUT2D eigenvalue weighted by Gasteiger charge is 2.24. The maximum atomic E-state index is 5.90. The molecule has 1 aliphatic rings. The molecule has 2 N–H and O–H groups in total. The molecule has 1 saturated carbocycles. The summed E-state index contributed by atoms with van der Waals surface area (Å²) in [6.07, 6.45) is 7.14. The summed E-state index contributed by atoms with van der Waals surface area (Å²) in [4.78, 5) is 4.21. The Hall–Kier alpha value is -0.450. The van der Waals surface area contributed by atoms with Gasteiger partial charge in [-0.1, -0.05) is 12.8 Å². The molecule has 4 heteroatoms. The molecule has 2 atom stereocenters. The van der Waals surface area contributed by atoms with Crippen LogP contribution in [0.5, 0.6) is 0 Å². The predicted octanol–water partition coefficient (Wildman–Crippen LogP) is 2.18. The molecule has 0 amide bonds. The summed E-state index contributed by atoms with van der Waals surface area (Å²) in [5, 5.41) is 3.05. The van der Waals surface area contributed by atoms with Crippen molar-refractivity contribution in [2.24, 2.45) is 11.7 Å². The van der Waals surface area contributed by atoms with E-state index in [0.717, 1.165) is 18.0 Å². The van der Waals surface area contributed by atoms with Crippen molar-refractivity contribution in [2.75, 3.05) is 6.54 Å². The Labute approximate surface area is 94.7 Å². The van der Waals surface area contributed by atoms with Gasteiger partial charge in [-0.05, 0) is 25.3 Å². The van der Waals surface area contributed by atoms with Crippen molar-refractivity contribution in [3.63, 3.8) is 0 Å². The van der Waals surface area contributed by atoms with Crippen molar-refractivity contribution in [1.82, 2.24) is 4.98 Å². The third-order valence-electron chi connectivity index (χ3n) is 3.05. The third-order valence-corrected chi connectivity index (χ3v) is 3.80. The molecule has 2 unspecified atom stereocenters. The molecule has 15 heavy (non-hydrogen) atoms. The summed E-state index contributed by atoms with van der Waals surface area (Å²) in [5.74, 6) is 0.554. The van der Waals surface area contributed by atoms with Gasteiger partial charge in [0, 0.05) is 11.6 Å². The molecule has 1 heterocycles. The number of ether oxygens (including phenoxy) is 1. The van der Waals surface area contributed by atoms with Crippen LogP contribution in [0.3, 0.4) is 0 Å². The Balaban J connectivity index is 1.81. The minimum Gasteiger partial charge on any atom is -0.371 e. The molecule has 1 aromatic heterocycles. The monoisotopic (exact) mass is 226 g/mol. The predicted molar refractivity (Wildman–Crippen MR) is 61.7 cm³/mol.